The first-order valence-electron chi connectivity index (χ1n) is 7.34. The highest BCUT2D eigenvalue weighted by Gasteiger charge is 2.02. The molecule has 0 bridgehead atoms. The minimum absolute atomic E-state index is 0.958. The van der Waals surface area contributed by atoms with Gasteiger partial charge in [-0.15, -0.1) is 0 Å². The Hall–Kier alpha value is -2.93. The van der Waals surface area contributed by atoms with Crippen molar-refractivity contribution in [3.63, 3.8) is 0 Å². The SMILES string of the molecule is C(C=C(c1ccccc1)c1ccccc1)=Nc1ccccc1. The van der Waals surface area contributed by atoms with Crippen LogP contribution in [0.15, 0.2) is 102 Å². The average Bonchev–Trinajstić information content (AvgIpc) is 2.61. The van der Waals surface area contributed by atoms with Crippen LogP contribution in [0.3, 0.4) is 0 Å². The summed E-state index contributed by atoms with van der Waals surface area (Å²) in [4.78, 5) is 4.50. The lowest BCUT2D eigenvalue weighted by molar-refractivity contribution is 1.53. The first-order chi connectivity index (χ1) is 10.9. The molecule has 0 saturated heterocycles. The van der Waals surface area contributed by atoms with Crippen LogP contribution in [0.5, 0.6) is 0 Å². The molecule has 0 saturated carbocycles. The van der Waals surface area contributed by atoms with Gasteiger partial charge in [-0.3, -0.25) is 4.99 Å². The van der Waals surface area contributed by atoms with Crippen molar-refractivity contribution in [1.29, 1.82) is 0 Å². The van der Waals surface area contributed by atoms with Gasteiger partial charge in [-0.1, -0.05) is 78.9 Å². The number of aliphatic imine (C=N–C) groups is 1. The Balaban J connectivity index is 1.96. The van der Waals surface area contributed by atoms with Gasteiger partial charge in [-0.05, 0) is 34.9 Å². The van der Waals surface area contributed by atoms with Gasteiger partial charge in [-0.2, -0.15) is 0 Å². The normalized spacial score (nSPS) is 10.5. The van der Waals surface area contributed by atoms with E-state index in [0.717, 1.165) is 5.69 Å². The van der Waals surface area contributed by atoms with Gasteiger partial charge in [0.05, 0.1) is 5.69 Å². The zero-order valence-corrected chi connectivity index (χ0v) is 12.3. The summed E-state index contributed by atoms with van der Waals surface area (Å²) in [6, 6.07) is 30.7. The van der Waals surface area contributed by atoms with E-state index < -0.39 is 0 Å². The predicted octanol–water partition coefficient (Wildman–Crippen LogP) is 5.52. The average molecular weight is 283 g/mol. The van der Waals surface area contributed by atoms with Crippen LogP contribution in [0.4, 0.5) is 5.69 Å². The molecule has 3 aromatic rings. The first-order valence-corrected chi connectivity index (χ1v) is 7.34. The molecule has 0 fully saturated rings. The minimum Gasteiger partial charge on any atom is -0.257 e. The lowest BCUT2D eigenvalue weighted by atomic mass is 9.98. The lowest BCUT2D eigenvalue weighted by Gasteiger charge is -2.07. The van der Waals surface area contributed by atoms with Crippen molar-refractivity contribution >= 4 is 17.5 Å². The van der Waals surface area contributed by atoms with Crippen LogP contribution < -0.4 is 0 Å². The monoisotopic (exact) mass is 283 g/mol. The van der Waals surface area contributed by atoms with Crippen LogP contribution in [0.1, 0.15) is 11.1 Å². The van der Waals surface area contributed by atoms with Crippen molar-refractivity contribution in [3.8, 4) is 0 Å². The fraction of sp³-hybridized carbons (Fsp3) is 0. The highest BCUT2D eigenvalue weighted by atomic mass is 14.7. The number of hydrogen-bond acceptors (Lipinski definition) is 1. The quantitative estimate of drug-likeness (QED) is 0.559. The number of para-hydroxylation sites is 1. The van der Waals surface area contributed by atoms with Crippen LogP contribution in [0, 0.1) is 0 Å². The smallest absolute Gasteiger partial charge is 0.0629 e. The molecule has 0 unspecified atom stereocenters. The first kappa shape index (κ1) is 14.0. The Morgan fingerprint density at radius 1 is 0.591 bits per heavy atom. The second-order valence-electron chi connectivity index (χ2n) is 4.93. The predicted molar refractivity (Wildman–Crippen MR) is 94.6 cm³/mol. The van der Waals surface area contributed by atoms with E-state index in [1.165, 1.54) is 16.7 Å². The standard InChI is InChI=1S/C21H17N/c1-4-10-18(11-5-1)21(19-12-6-2-7-13-19)16-17-22-20-14-8-3-9-15-20/h1-17H. The highest BCUT2D eigenvalue weighted by Crippen LogP contribution is 2.22. The molecule has 0 radical (unpaired) electrons. The molecule has 3 rings (SSSR count). The summed E-state index contributed by atoms with van der Waals surface area (Å²) in [6.45, 7) is 0. The van der Waals surface area contributed by atoms with E-state index in [0.29, 0.717) is 0 Å². The summed E-state index contributed by atoms with van der Waals surface area (Å²) < 4.78 is 0. The molecule has 3 aromatic carbocycles. The molecule has 0 heterocycles. The minimum atomic E-state index is 0.958. The maximum Gasteiger partial charge on any atom is 0.0629 e. The molecule has 0 aromatic heterocycles. The molecule has 106 valence electrons. The maximum atomic E-state index is 4.50. The Labute approximate surface area is 131 Å². The van der Waals surface area contributed by atoms with Crippen LogP contribution in [0.2, 0.25) is 0 Å². The van der Waals surface area contributed by atoms with Crippen molar-refractivity contribution in [2.24, 2.45) is 4.99 Å². The Morgan fingerprint density at radius 3 is 1.55 bits per heavy atom. The van der Waals surface area contributed by atoms with Crippen LogP contribution in [0.25, 0.3) is 5.57 Å². The van der Waals surface area contributed by atoms with Crippen molar-refractivity contribution in [1.82, 2.24) is 0 Å². The molecular weight excluding hydrogens is 266 g/mol. The topological polar surface area (TPSA) is 12.4 Å². The third-order valence-electron chi connectivity index (χ3n) is 3.39. The third-order valence-corrected chi connectivity index (χ3v) is 3.39. The fourth-order valence-electron chi connectivity index (χ4n) is 2.31. The van der Waals surface area contributed by atoms with E-state index in [-0.39, 0.29) is 0 Å². The lowest BCUT2D eigenvalue weighted by Crippen LogP contribution is -1.88. The Kier molecular flexibility index (Phi) is 4.58. The molecule has 0 N–H and O–H groups in total. The number of allylic oxidation sites excluding steroid dienone is 1. The summed E-state index contributed by atoms with van der Waals surface area (Å²) in [5, 5.41) is 0. The molecule has 0 aliphatic heterocycles. The van der Waals surface area contributed by atoms with Crippen molar-refractivity contribution in [3.05, 3.63) is 108 Å². The van der Waals surface area contributed by atoms with Gasteiger partial charge < -0.3 is 0 Å². The van der Waals surface area contributed by atoms with E-state index >= 15 is 0 Å². The Bertz CT molecular complexity index is 715. The maximum absolute atomic E-state index is 4.50. The fourth-order valence-corrected chi connectivity index (χ4v) is 2.31. The van der Waals surface area contributed by atoms with Gasteiger partial charge in [0.15, 0.2) is 0 Å². The number of benzene rings is 3. The summed E-state index contributed by atoms with van der Waals surface area (Å²) >= 11 is 0. The third kappa shape index (κ3) is 3.58. The second kappa shape index (κ2) is 7.19. The van der Waals surface area contributed by atoms with Gasteiger partial charge in [0, 0.05) is 6.21 Å². The van der Waals surface area contributed by atoms with Gasteiger partial charge in [0.25, 0.3) is 0 Å². The molecule has 22 heavy (non-hydrogen) atoms. The van der Waals surface area contributed by atoms with Gasteiger partial charge in [0.1, 0.15) is 0 Å². The number of nitrogens with zero attached hydrogens (tertiary/aromatic N) is 1. The van der Waals surface area contributed by atoms with E-state index in [1.54, 1.807) is 0 Å². The zero-order valence-electron chi connectivity index (χ0n) is 12.3. The van der Waals surface area contributed by atoms with Gasteiger partial charge >= 0.3 is 0 Å². The molecule has 0 atom stereocenters. The summed E-state index contributed by atoms with van der Waals surface area (Å²) in [7, 11) is 0. The van der Waals surface area contributed by atoms with E-state index in [4.69, 9.17) is 0 Å². The van der Waals surface area contributed by atoms with Crippen LogP contribution in [-0.4, -0.2) is 6.21 Å². The number of hydrogen-bond donors (Lipinski definition) is 0. The van der Waals surface area contributed by atoms with Crippen LogP contribution in [-0.2, 0) is 0 Å². The van der Waals surface area contributed by atoms with Crippen molar-refractivity contribution in [2.75, 3.05) is 0 Å². The molecule has 0 aliphatic carbocycles. The van der Waals surface area contributed by atoms with Crippen molar-refractivity contribution in [2.45, 2.75) is 0 Å². The molecule has 0 spiro atoms. The van der Waals surface area contributed by atoms with Gasteiger partial charge in [-0.25, -0.2) is 0 Å². The highest BCUT2D eigenvalue weighted by molar-refractivity contribution is 5.92. The molecule has 1 heteroatoms. The largest absolute Gasteiger partial charge is 0.257 e. The summed E-state index contributed by atoms with van der Waals surface area (Å²) in [5.41, 5.74) is 4.50. The molecule has 0 aliphatic rings. The number of rotatable bonds is 4. The van der Waals surface area contributed by atoms with Crippen molar-refractivity contribution < 1.29 is 0 Å². The van der Waals surface area contributed by atoms with E-state index in [2.05, 4.69) is 59.6 Å². The molecule has 0 amide bonds. The Morgan fingerprint density at radius 2 is 1.05 bits per heavy atom. The molecule has 1 nitrogen and oxygen atoms in total. The van der Waals surface area contributed by atoms with E-state index in [1.807, 2.05) is 48.7 Å². The second-order valence-corrected chi connectivity index (χ2v) is 4.93. The van der Waals surface area contributed by atoms with E-state index in [9.17, 15) is 0 Å². The van der Waals surface area contributed by atoms with Gasteiger partial charge in [0.2, 0.25) is 0 Å². The van der Waals surface area contributed by atoms with Crippen LogP contribution >= 0.6 is 0 Å². The molecular formula is C21H17N. The summed E-state index contributed by atoms with van der Waals surface area (Å²) in [5.74, 6) is 0. The summed E-state index contributed by atoms with van der Waals surface area (Å²) in [6.07, 6.45) is 3.93. The zero-order chi connectivity index (χ0) is 15.0.